The first-order chi connectivity index (χ1) is 17.3. The van der Waals surface area contributed by atoms with Crippen LogP contribution in [0.25, 0.3) is 21.9 Å². The Balaban J connectivity index is 1.41. The maximum Gasteiger partial charge on any atom is 0.344 e. The topological polar surface area (TPSA) is 113 Å². The highest BCUT2D eigenvalue weighted by atomic mass is 16.5. The number of rotatable bonds is 4. The van der Waals surface area contributed by atoms with Crippen LogP contribution in [0.4, 0.5) is 0 Å². The van der Waals surface area contributed by atoms with Crippen LogP contribution in [0.15, 0.2) is 91.2 Å². The number of hydrogen-bond donors (Lipinski definition) is 0. The molecule has 178 valence electrons. The molecular weight excluding hydrogens is 464 g/mol. The van der Waals surface area contributed by atoms with Crippen molar-refractivity contribution in [2.24, 2.45) is 0 Å². The summed E-state index contributed by atoms with van der Waals surface area (Å²) in [5.74, 6) is -1.30. The summed E-state index contributed by atoms with van der Waals surface area (Å²) in [6.07, 6.45) is 0. The second-order valence-electron chi connectivity index (χ2n) is 8.14. The van der Waals surface area contributed by atoms with Crippen molar-refractivity contribution < 1.29 is 27.9 Å². The van der Waals surface area contributed by atoms with Gasteiger partial charge in [-0.15, -0.1) is 0 Å². The Morgan fingerprint density at radius 1 is 0.611 bits per heavy atom. The van der Waals surface area contributed by atoms with E-state index in [9.17, 15) is 19.2 Å². The lowest BCUT2D eigenvalue weighted by Gasteiger charge is -2.10. The Labute approximate surface area is 203 Å². The summed E-state index contributed by atoms with van der Waals surface area (Å²) in [4.78, 5) is 49.3. The van der Waals surface area contributed by atoms with Gasteiger partial charge in [0.1, 0.15) is 22.7 Å². The number of esters is 2. The molecule has 0 bridgehead atoms. The van der Waals surface area contributed by atoms with Crippen LogP contribution in [-0.4, -0.2) is 11.9 Å². The highest BCUT2D eigenvalue weighted by molar-refractivity contribution is 6.04. The number of benzene rings is 3. The van der Waals surface area contributed by atoms with Crippen molar-refractivity contribution in [3.63, 3.8) is 0 Å². The minimum atomic E-state index is -0.794. The molecule has 0 spiro atoms. The van der Waals surface area contributed by atoms with Crippen molar-refractivity contribution in [1.82, 2.24) is 0 Å². The molecule has 0 unspecified atom stereocenters. The molecule has 5 rings (SSSR count). The van der Waals surface area contributed by atoms with Crippen LogP contribution in [0.1, 0.15) is 31.8 Å². The molecule has 0 aliphatic carbocycles. The minimum Gasteiger partial charge on any atom is -0.423 e. The average Bonchev–Trinajstić information content (AvgIpc) is 2.83. The molecule has 0 atom stereocenters. The van der Waals surface area contributed by atoms with E-state index >= 15 is 0 Å². The van der Waals surface area contributed by atoms with Gasteiger partial charge >= 0.3 is 23.2 Å². The van der Waals surface area contributed by atoms with E-state index in [4.69, 9.17) is 18.3 Å². The maximum atomic E-state index is 12.9. The van der Waals surface area contributed by atoms with E-state index in [1.165, 1.54) is 36.4 Å². The summed E-state index contributed by atoms with van der Waals surface area (Å²) in [7, 11) is 0. The van der Waals surface area contributed by atoms with Gasteiger partial charge in [0.25, 0.3) is 0 Å². The first kappa shape index (κ1) is 22.8. The summed E-state index contributed by atoms with van der Waals surface area (Å²) in [5.41, 5.74) is 0.949. The quantitative estimate of drug-likeness (QED) is 0.201. The molecule has 0 N–H and O–H groups in total. The van der Waals surface area contributed by atoms with Crippen LogP contribution in [0.2, 0.25) is 0 Å². The molecule has 8 nitrogen and oxygen atoms in total. The van der Waals surface area contributed by atoms with Gasteiger partial charge in [0.2, 0.25) is 0 Å². The predicted molar refractivity (Wildman–Crippen MR) is 131 cm³/mol. The van der Waals surface area contributed by atoms with Crippen molar-refractivity contribution in [3.8, 4) is 11.5 Å². The van der Waals surface area contributed by atoms with Gasteiger partial charge in [-0.1, -0.05) is 12.1 Å². The van der Waals surface area contributed by atoms with Crippen molar-refractivity contribution in [2.75, 3.05) is 0 Å². The third kappa shape index (κ3) is 4.39. The van der Waals surface area contributed by atoms with Gasteiger partial charge in [0, 0.05) is 35.0 Å². The fourth-order valence-corrected chi connectivity index (χ4v) is 3.90. The lowest BCUT2D eigenvalue weighted by molar-refractivity contribution is 0.0692. The SMILES string of the molecule is Cc1cc(=O)oc2cc(OC(=O)c3ccccc3C(=O)Oc3ccc4c(C)cc(=O)oc4c3)ccc12. The summed E-state index contributed by atoms with van der Waals surface area (Å²) in [6.45, 7) is 3.55. The number of carbonyl (C=O) groups is 2. The lowest BCUT2D eigenvalue weighted by atomic mass is 10.1. The Bertz CT molecular complexity index is 1660. The Kier molecular flexibility index (Phi) is 5.69. The van der Waals surface area contributed by atoms with E-state index < -0.39 is 23.2 Å². The molecule has 36 heavy (non-hydrogen) atoms. The highest BCUT2D eigenvalue weighted by Gasteiger charge is 2.21. The standard InChI is InChI=1S/C28H18O8/c1-15-11-25(29)35-23-13-17(7-9-19(15)23)33-27(31)21-5-3-4-6-22(21)28(32)34-18-8-10-20-16(2)12-26(30)36-24(20)14-18/h3-14H,1-2H3. The van der Waals surface area contributed by atoms with Crippen LogP contribution in [0.5, 0.6) is 11.5 Å². The van der Waals surface area contributed by atoms with Gasteiger partial charge in [-0.2, -0.15) is 0 Å². The molecule has 5 aromatic rings. The van der Waals surface area contributed by atoms with E-state index in [0.717, 1.165) is 11.1 Å². The summed E-state index contributed by atoms with van der Waals surface area (Å²) in [6, 6.07) is 18.2. The fourth-order valence-electron chi connectivity index (χ4n) is 3.90. The zero-order valence-corrected chi connectivity index (χ0v) is 19.2. The molecule has 3 aromatic carbocycles. The zero-order valence-electron chi connectivity index (χ0n) is 19.2. The second-order valence-corrected chi connectivity index (χ2v) is 8.14. The molecular formula is C28H18O8. The molecule has 8 heteroatoms. The van der Waals surface area contributed by atoms with Crippen LogP contribution < -0.4 is 20.7 Å². The molecule has 0 radical (unpaired) electrons. The number of hydrogen-bond acceptors (Lipinski definition) is 8. The molecule has 2 aromatic heterocycles. The van der Waals surface area contributed by atoms with Crippen LogP contribution in [0, 0.1) is 13.8 Å². The minimum absolute atomic E-state index is 0.0172. The molecule has 2 heterocycles. The Morgan fingerprint density at radius 2 is 1.03 bits per heavy atom. The van der Waals surface area contributed by atoms with Crippen LogP contribution in [-0.2, 0) is 0 Å². The molecule has 0 saturated heterocycles. The predicted octanol–water partition coefficient (Wildman–Crippen LogP) is 4.95. The number of aryl methyl sites for hydroxylation is 2. The monoisotopic (exact) mass is 482 g/mol. The lowest BCUT2D eigenvalue weighted by Crippen LogP contribution is -2.17. The van der Waals surface area contributed by atoms with Gasteiger partial charge in [0.05, 0.1) is 11.1 Å². The van der Waals surface area contributed by atoms with Crippen molar-refractivity contribution in [2.45, 2.75) is 13.8 Å². The molecule has 0 aliphatic rings. The zero-order chi connectivity index (χ0) is 25.4. The van der Waals surface area contributed by atoms with Crippen molar-refractivity contribution in [1.29, 1.82) is 0 Å². The van der Waals surface area contributed by atoms with Crippen LogP contribution in [0.3, 0.4) is 0 Å². The van der Waals surface area contributed by atoms with Gasteiger partial charge < -0.3 is 18.3 Å². The maximum absolute atomic E-state index is 12.9. The fraction of sp³-hybridized carbons (Fsp3) is 0.0714. The van der Waals surface area contributed by atoms with E-state index in [1.54, 1.807) is 50.2 Å². The van der Waals surface area contributed by atoms with Gasteiger partial charge in [-0.05, 0) is 61.4 Å². The van der Waals surface area contributed by atoms with E-state index in [-0.39, 0.29) is 33.8 Å². The van der Waals surface area contributed by atoms with E-state index in [0.29, 0.717) is 10.8 Å². The first-order valence-corrected chi connectivity index (χ1v) is 10.9. The second kappa shape index (κ2) is 8.99. The molecule has 0 fully saturated rings. The third-order valence-electron chi connectivity index (χ3n) is 5.63. The first-order valence-electron chi connectivity index (χ1n) is 10.9. The van der Waals surface area contributed by atoms with Crippen LogP contribution >= 0.6 is 0 Å². The third-order valence-corrected chi connectivity index (χ3v) is 5.63. The van der Waals surface area contributed by atoms with E-state index in [1.807, 2.05) is 0 Å². The van der Waals surface area contributed by atoms with Crippen molar-refractivity contribution in [3.05, 3.63) is 116 Å². The average molecular weight is 482 g/mol. The highest BCUT2D eigenvalue weighted by Crippen LogP contribution is 2.25. The van der Waals surface area contributed by atoms with Gasteiger partial charge in [-0.25, -0.2) is 19.2 Å². The Hall–Kier alpha value is -4.98. The number of ether oxygens (including phenoxy) is 2. The van der Waals surface area contributed by atoms with E-state index in [2.05, 4.69) is 0 Å². The number of fused-ring (bicyclic) bond motifs is 2. The largest absolute Gasteiger partial charge is 0.423 e. The summed E-state index contributed by atoms with van der Waals surface area (Å²) < 4.78 is 21.3. The van der Waals surface area contributed by atoms with Gasteiger partial charge in [-0.3, -0.25) is 0 Å². The number of carbonyl (C=O) groups excluding carboxylic acids is 2. The van der Waals surface area contributed by atoms with Gasteiger partial charge in [0.15, 0.2) is 0 Å². The Morgan fingerprint density at radius 3 is 1.44 bits per heavy atom. The van der Waals surface area contributed by atoms with Crippen molar-refractivity contribution >= 4 is 33.9 Å². The molecule has 0 aliphatic heterocycles. The summed E-state index contributed by atoms with van der Waals surface area (Å²) >= 11 is 0. The molecule has 0 saturated carbocycles. The summed E-state index contributed by atoms with van der Waals surface area (Å²) in [5, 5.41) is 1.42. The normalized spacial score (nSPS) is 10.9. The molecule has 0 amide bonds. The smallest absolute Gasteiger partial charge is 0.344 e.